The van der Waals surface area contributed by atoms with Gasteiger partial charge in [0.2, 0.25) is 0 Å². The van der Waals surface area contributed by atoms with Gasteiger partial charge in [-0.15, -0.1) is 0 Å². The zero-order valence-electron chi connectivity index (χ0n) is 11.3. The molecule has 0 aromatic carbocycles. The molecular formula is C13H28N2O. The third-order valence-electron chi connectivity index (χ3n) is 3.29. The summed E-state index contributed by atoms with van der Waals surface area (Å²) in [5.41, 5.74) is 0. The van der Waals surface area contributed by atoms with Gasteiger partial charge in [0.05, 0.1) is 12.7 Å². The number of likely N-dealkylation sites (N-methyl/N-ethyl adjacent to an activating group) is 2. The Kier molecular flexibility index (Phi) is 6.32. The second kappa shape index (κ2) is 7.25. The quantitative estimate of drug-likeness (QED) is 0.650. The lowest BCUT2D eigenvalue weighted by molar-refractivity contribution is 0.0134. The lowest BCUT2D eigenvalue weighted by Gasteiger charge is -2.23. The van der Waals surface area contributed by atoms with Crippen LogP contribution in [0.15, 0.2) is 0 Å². The van der Waals surface area contributed by atoms with E-state index in [4.69, 9.17) is 4.74 Å². The maximum atomic E-state index is 5.95. The Bertz CT molecular complexity index is 181. The first-order valence-corrected chi connectivity index (χ1v) is 6.67. The summed E-state index contributed by atoms with van der Waals surface area (Å²) in [6.07, 6.45) is 3.11. The second-order valence-electron chi connectivity index (χ2n) is 5.17. The number of hydrogen-bond acceptors (Lipinski definition) is 3. The summed E-state index contributed by atoms with van der Waals surface area (Å²) in [4.78, 5) is 2.42. The van der Waals surface area contributed by atoms with Crippen molar-refractivity contribution in [3.8, 4) is 0 Å². The Balaban J connectivity index is 2.10. The van der Waals surface area contributed by atoms with Crippen molar-refractivity contribution in [1.29, 1.82) is 0 Å². The Labute approximate surface area is 101 Å². The van der Waals surface area contributed by atoms with Gasteiger partial charge in [0.25, 0.3) is 0 Å². The molecule has 3 heteroatoms. The predicted octanol–water partition coefficient (Wildman–Crippen LogP) is 1.73. The SMILES string of the molecule is CCNCC(OCCN(C)C1CC1)C(C)C. The second-order valence-corrected chi connectivity index (χ2v) is 5.17. The van der Waals surface area contributed by atoms with Crippen molar-refractivity contribution in [3.05, 3.63) is 0 Å². The largest absolute Gasteiger partial charge is 0.375 e. The van der Waals surface area contributed by atoms with Crippen LogP contribution in [0.25, 0.3) is 0 Å². The fourth-order valence-corrected chi connectivity index (χ4v) is 1.82. The molecule has 0 radical (unpaired) electrons. The summed E-state index contributed by atoms with van der Waals surface area (Å²) in [5, 5.41) is 3.36. The number of ether oxygens (including phenoxy) is 1. The van der Waals surface area contributed by atoms with Gasteiger partial charge in [-0.2, -0.15) is 0 Å². The van der Waals surface area contributed by atoms with Crippen molar-refractivity contribution in [2.24, 2.45) is 5.92 Å². The molecule has 0 saturated heterocycles. The summed E-state index contributed by atoms with van der Waals surface area (Å²) >= 11 is 0. The van der Waals surface area contributed by atoms with Gasteiger partial charge >= 0.3 is 0 Å². The molecule has 1 aliphatic rings. The highest BCUT2D eigenvalue weighted by molar-refractivity contribution is 4.82. The van der Waals surface area contributed by atoms with E-state index in [-0.39, 0.29) is 0 Å². The summed E-state index contributed by atoms with van der Waals surface area (Å²) in [5.74, 6) is 0.588. The van der Waals surface area contributed by atoms with Crippen LogP contribution in [0.5, 0.6) is 0 Å². The summed E-state index contributed by atoms with van der Waals surface area (Å²) in [7, 11) is 2.20. The topological polar surface area (TPSA) is 24.5 Å². The first-order valence-electron chi connectivity index (χ1n) is 6.67. The average molecular weight is 228 g/mol. The smallest absolute Gasteiger partial charge is 0.0722 e. The summed E-state index contributed by atoms with van der Waals surface area (Å²) in [6, 6.07) is 0.842. The molecule has 0 spiro atoms. The van der Waals surface area contributed by atoms with E-state index in [1.165, 1.54) is 12.8 Å². The maximum absolute atomic E-state index is 5.95. The molecule has 0 bridgehead atoms. The van der Waals surface area contributed by atoms with Crippen LogP contribution in [-0.4, -0.2) is 50.3 Å². The molecule has 1 aliphatic carbocycles. The van der Waals surface area contributed by atoms with E-state index in [1.54, 1.807) is 0 Å². The van der Waals surface area contributed by atoms with Crippen LogP contribution in [0.1, 0.15) is 33.6 Å². The van der Waals surface area contributed by atoms with E-state index in [0.29, 0.717) is 12.0 Å². The normalized spacial score (nSPS) is 18.4. The predicted molar refractivity (Wildman–Crippen MR) is 68.8 cm³/mol. The molecular weight excluding hydrogens is 200 g/mol. The average Bonchev–Trinajstić information content (AvgIpc) is 3.05. The molecule has 0 aromatic heterocycles. The number of hydrogen-bond donors (Lipinski definition) is 1. The minimum Gasteiger partial charge on any atom is -0.375 e. The molecule has 0 aliphatic heterocycles. The van der Waals surface area contributed by atoms with Gasteiger partial charge in [0.1, 0.15) is 0 Å². The number of rotatable bonds is 9. The molecule has 0 aromatic rings. The number of nitrogens with one attached hydrogen (secondary N) is 1. The van der Waals surface area contributed by atoms with Gasteiger partial charge in [-0.1, -0.05) is 20.8 Å². The van der Waals surface area contributed by atoms with Gasteiger partial charge in [0.15, 0.2) is 0 Å². The lowest BCUT2D eigenvalue weighted by Crippen LogP contribution is -2.35. The van der Waals surface area contributed by atoms with E-state index >= 15 is 0 Å². The molecule has 1 rings (SSSR count). The maximum Gasteiger partial charge on any atom is 0.0722 e. The standard InChI is InChI=1S/C13H28N2O/c1-5-14-10-13(11(2)3)16-9-8-15(4)12-6-7-12/h11-14H,5-10H2,1-4H3. The van der Waals surface area contributed by atoms with Crippen LogP contribution in [-0.2, 0) is 4.74 Å². The van der Waals surface area contributed by atoms with Crippen LogP contribution in [0.2, 0.25) is 0 Å². The van der Waals surface area contributed by atoms with Crippen LogP contribution < -0.4 is 5.32 Å². The molecule has 1 atom stereocenters. The van der Waals surface area contributed by atoms with Crippen molar-refractivity contribution in [2.75, 3.05) is 33.3 Å². The first-order chi connectivity index (χ1) is 7.65. The summed E-state index contributed by atoms with van der Waals surface area (Å²) < 4.78 is 5.95. The van der Waals surface area contributed by atoms with Gasteiger partial charge in [0, 0.05) is 19.1 Å². The van der Waals surface area contributed by atoms with E-state index in [0.717, 1.165) is 32.3 Å². The van der Waals surface area contributed by atoms with Crippen LogP contribution >= 0.6 is 0 Å². The highest BCUT2D eigenvalue weighted by atomic mass is 16.5. The number of nitrogens with zero attached hydrogens (tertiary/aromatic N) is 1. The molecule has 1 fully saturated rings. The van der Waals surface area contributed by atoms with E-state index in [9.17, 15) is 0 Å². The molecule has 3 nitrogen and oxygen atoms in total. The minimum absolute atomic E-state index is 0.354. The van der Waals surface area contributed by atoms with Crippen molar-refractivity contribution < 1.29 is 4.74 Å². The first kappa shape index (κ1) is 13.9. The van der Waals surface area contributed by atoms with Crippen LogP contribution in [0.4, 0.5) is 0 Å². The van der Waals surface area contributed by atoms with Gasteiger partial charge in [-0.05, 0) is 32.4 Å². The van der Waals surface area contributed by atoms with E-state index in [1.807, 2.05) is 0 Å². The van der Waals surface area contributed by atoms with Crippen molar-refractivity contribution >= 4 is 0 Å². The highest BCUT2D eigenvalue weighted by Crippen LogP contribution is 2.24. The Morgan fingerprint density at radius 3 is 2.56 bits per heavy atom. The summed E-state index contributed by atoms with van der Waals surface area (Å²) in [6.45, 7) is 10.5. The van der Waals surface area contributed by atoms with Gasteiger partial charge in [-0.3, -0.25) is 0 Å². The fraction of sp³-hybridized carbons (Fsp3) is 1.00. The third-order valence-corrected chi connectivity index (χ3v) is 3.29. The monoisotopic (exact) mass is 228 g/mol. The van der Waals surface area contributed by atoms with E-state index < -0.39 is 0 Å². The molecule has 96 valence electrons. The fourth-order valence-electron chi connectivity index (χ4n) is 1.82. The Morgan fingerprint density at radius 2 is 2.06 bits per heavy atom. The lowest BCUT2D eigenvalue weighted by atomic mass is 10.1. The Morgan fingerprint density at radius 1 is 1.38 bits per heavy atom. The Hall–Kier alpha value is -0.120. The van der Waals surface area contributed by atoms with Gasteiger partial charge < -0.3 is 15.0 Å². The van der Waals surface area contributed by atoms with Crippen LogP contribution in [0.3, 0.4) is 0 Å². The van der Waals surface area contributed by atoms with Crippen molar-refractivity contribution in [2.45, 2.75) is 45.8 Å². The van der Waals surface area contributed by atoms with Crippen molar-refractivity contribution in [1.82, 2.24) is 10.2 Å². The molecule has 0 heterocycles. The molecule has 0 amide bonds. The molecule has 1 saturated carbocycles. The van der Waals surface area contributed by atoms with E-state index in [2.05, 4.69) is 38.0 Å². The molecule has 1 N–H and O–H groups in total. The van der Waals surface area contributed by atoms with Crippen LogP contribution in [0, 0.1) is 5.92 Å². The third kappa shape index (κ3) is 5.28. The zero-order chi connectivity index (χ0) is 12.0. The molecule has 16 heavy (non-hydrogen) atoms. The highest BCUT2D eigenvalue weighted by Gasteiger charge is 2.25. The zero-order valence-corrected chi connectivity index (χ0v) is 11.3. The van der Waals surface area contributed by atoms with Crippen molar-refractivity contribution in [3.63, 3.8) is 0 Å². The van der Waals surface area contributed by atoms with Gasteiger partial charge in [-0.25, -0.2) is 0 Å². The minimum atomic E-state index is 0.354. The molecule has 1 unspecified atom stereocenters.